The molecule has 2 aromatic carbocycles. The highest BCUT2D eigenvalue weighted by Gasteiger charge is 2.34. The van der Waals surface area contributed by atoms with Crippen LogP contribution in [0.2, 0.25) is 0 Å². The van der Waals surface area contributed by atoms with Crippen molar-refractivity contribution in [1.82, 2.24) is 10.2 Å². The number of rotatable bonds is 7. The van der Waals surface area contributed by atoms with E-state index in [4.69, 9.17) is 4.74 Å². The number of benzene rings is 2. The number of nitrogens with zero attached hydrogens (tertiary/aromatic N) is 2. The summed E-state index contributed by atoms with van der Waals surface area (Å²) in [5.41, 5.74) is 1.76. The molecule has 0 aromatic heterocycles. The van der Waals surface area contributed by atoms with E-state index in [9.17, 15) is 14.4 Å². The van der Waals surface area contributed by atoms with Gasteiger partial charge in [-0.25, -0.2) is 0 Å². The predicted molar refractivity (Wildman–Crippen MR) is 105 cm³/mol. The maximum atomic E-state index is 12.4. The summed E-state index contributed by atoms with van der Waals surface area (Å²) in [5.74, 6) is -0.892. The molecule has 0 spiro atoms. The van der Waals surface area contributed by atoms with Crippen LogP contribution in [0.3, 0.4) is 0 Å². The van der Waals surface area contributed by atoms with Crippen LogP contribution in [0.1, 0.15) is 5.56 Å². The van der Waals surface area contributed by atoms with Crippen molar-refractivity contribution >= 4 is 23.4 Å². The Morgan fingerprint density at radius 1 is 1.00 bits per heavy atom. The molecule has 7 heteroatoms. The highest BCUT2D eigenvalue weighted by molar-refractivity contribution is 6.41. The van der Waals surface area contributed by atoms with Crippen molar-refractivity contribution in [3.05, 3.63) is 60.2 Å². The Hall–Kier alpha value is -3.35. The number of anilines is 1. The fourth-order valence-electron chi connectivity index (χ4n) is 3.05. The molecule has 0 aliphatic carbocycles. The van der Waals surface area contributed by atoms with Crippen LogP contribution in [0, 0.1) is 0 Å². The van der Waals surface area contributed by atoms with Crippen LogP contribution in [0.15, 0.2) is 54.6 Å². The van der Waals surface area contributed by atoms with Crippen molar-refractivity contribution in [1.29, 1.82) is 0 Å². The molecule has 0 atom stereocenters. The van der Waals surface area contributed by atoms with Gasteiger partial charge in [-0.3, -0.25) is 14.4 Å². The molecule has 1 aliphatic heterocycles. The number of nitrogens with one attached hydrogen (secondary N) is 1. The highest BCUT2D eigenvalue weighted by atomic mass is 16.5. The molecule has 3 amide bonds. The molecule has 1 fully saturated rings. The summed E-state index contributed by atoms with van der Waals surface area (Å²) in [4.78, 5) is 39.7. The number of methoxy groups -OCH3 is 1. The van der Waals surface area contributed by atoms with Crippen LogP contribution in [0.5, 0.6) is 5.75 Å². The zero-order chi connectivity index (χ0) is 19.9. The quantitative estimate of drug-likeness (QED) is 0.732. The first-order valence-electron chi connectivity index (χ1n) is 9.14. The van der Waals surface area contributed by atoms with Crippen molar-refractivity contribution in [3.63, 3.8) is 0 Å². The molecular formula is C21H23N3O4. The summed E-state index contributed by atoms with van der Waals surface area (Å²) in [7, 11) is 1.56. The van der Waals surface area contributed by atoms with Crippen LogP contribution in [0.4, 0.5) is 5.69 Å². The lowest BCUT2D eigenvalue weighted by molar-refractivity contribution is -0.147. The van der Waals surface area contributed by atoms with Gasteiger partial charge in [-0.05, 0) is 36.2 Å². The fraction of sp³-hybridized carbons (Fsp3) is 0.286. The Kier molecular flexibility index (Phi) is 6.26. The Labute approximate surface area is 163 Å². The lowest BCUT2D eigenvalue weighted by Gasteiger charge is -2.33. The predicted octanol–water partition coefficient (Wildman–Crippen LogP) is 1.23. The third-order valence-electron chi connectivity index (χ3n) is 4.61. The maximum Gasteiger partial charge on any atom is 0.316 e. The molecule has 1 saturated heterocycles. The monoisotopic (exact) mass is 381 g/mol. The zero-order valence-electron chi connectivity index (χ0n) is 15.8. The normalized spacial score (nSPS) is 14.2. The number of hydrogen-bond acceptors (Lipinski definition) is 4. The van der Waals surface area contributed by atoms with Gasteiger partial charge in [0.2, 0.25) is 5.91 Å². The second-order valence-electron chi connectivity index (χ2n) is 6.47. The van der Waals surface area contributed by atoms with Crippen LogP contribution < -0.4 is 15.0 Å². The Morgan fingerprint density at radius 2 is 1.71 bits per heavy atom. The van der Waals surface area contributed by atoms with Crippen molar-refractivity contribution in [2.45, 2.75) is 6.42 Å². The molecular weight excluding hydrogens is 358 g/mol. The van der Waals surface area contributed by atoms with Crippen LogP contribution in [-0.2, 0) is 20.8 Å². The Morgan fingerprint density at radius 3 is 2.39 bits per heavy atom. The lowest BCUT2D eigenvalue weighted by atomic mass is 10.1. The van der Waals surface area contributed by atoms with Crippen LogP contribution >= 0.6 is 0 Å². The van der Waals surface area contributed by atoms with E-state index in [0.29, 0.717) is 37.5 Å². The highest BCUT2D eigenvalue weighted by Crippen LogP contribution is 2.21. The van der Waals surface area contributed by atoms with E-state index >= 15 is 0 Å². The summed E-state index contributed by atoms with van der Waals surface area (Å²) in [6, 6.07) is 16.8. The number of carbonyl (C=O) groups is 3. The minimum Gasteiger partial charge on any atom is -0.497 e. The Balaban J connectivity index is 1.50. The largest absolute Gasteiger partial charge is 0.497 e. The molecule has 1 aliphatic rings. The summed E-state index contributed by atoms with van der Waals surface area (Å²) >= 11 is 0. The van der Waals surface area contributed by atoms with Gasteiger partial charge in [0.05, 0.1) is 7.11 Å². The van der Waals surface area contributed by atoms with E-state index in [1.165, 1.54) is 9.80 Å². The van der Waals surface area contributed by atoms with Gasteiger partial charge in [-0.1, -0.05) is 30.3 Å². The molecule has 0 bridgehead atoms. The van der Waals surface area contributed by atoms with Gasteiger partial charge in [0.1, 0.15) is 12.3 Å². The van der Waals surface area contributed by atoms with Gasteiger partial charge in [-0.15, -0.1) is 0 Å². The molecule has 28 heavy (non-hydrogen) atoms. The first-order valence-corrected chi connectivity index (χ1v) is 9.14. The number of hydrogen-bond donors (Lipinski definition) is 1. The van der Waals surface area contributed by atoms with E-state index in [2.05, 4.69) is 5.32 Å². The molecule has 0 saturated carbocycles. The third kappa shape index (κ3) is 4.68. The van der Waals surface area contributed by atoms with E-state index < -0.39 is 11.8 Å². The maximum absolute atomic E-state index is 12.4. The first-order chi connectivity index (χ1) is 13.6. The van der Waals surface area contributed by atoms with E-state index in [1.54, 1.807) is 31.4 Å². The molecule has 146 valence electrons. The second-order valence-corrected chi connectivity index (χ2v) is 6.47. The Bertz CT molecular complexity index is 836. The molecule has 1 N–H and O–H groups in total. The number of carbonyl (C=O) groups excluding carboxylic acids is 3. The SMILES string of the molecule is COc1ccc(N2CCN(CC(=O)NCCc3ccccc3)C(=O)C2=O)cc1. The lowest BCUT2D eigenvalue weighted by Crippen LogP contribution is -2.56. The van der Waals surface area contributed by atoms with Crippen molar-refractivity contribution in [2.75, 3.05) is 38.2 Å². The zero-order valence-corrected chi connectivity index (χ0v) is 15.8. The summed E-state index contributed by atoms with van der Waals surface area (Å²) < 4.78 is 5.10. The first kappa shape index (κ1) is 19.4. The van der Waals surface area contributed by atoms with E-state index in [-0.39, 0.29) is 12.5 Å². The van der Waals surface area contributed by atoms with Crippen molar-refractivity contribution in [2.24, 2.45) is 0 Å². The average Bonchev–Trinajstić information content (AvgIpc) is 2.72. The van der Waals surface area contributed by atoms with Gasteiger partial charge in [0, 0.05) is 25.3 Å². The topological polar surface area (TPSA) is 79.0 Å². The fourth-order valence-corrected chi connectivity index (χ4v) is 3.05. The summed E-state index contributed by atoms with van der Waals surface area (Å²) in [6.07, 6.45) is 0.713. The second kappa shape index (κ2) is 9.03. The standard InChI is InChI=1S/C21H23N3O4/c1-28-18-9-7-17(8-10-18)24-14-13-23(20(26)21(24)27)15-19(25)22-12-11-16-5-3-2-4-6-16/h2-10H,11-15H2,1H3,(H,22,25). The van der Waals surface area contributed by atoms with E-state index in [0.717, 1.165) is 5.56 Å². The number of amides is 3. The van der Waals surface area contributed by atoms with Crippen molar-refractivity contribution < 1.29 is 19.1 Å². The van der Waals surface area contributed by atoms with Crippen LogP contribution in [0.25, 0.3) is 0 Å². The van der Waals surface area contributed by atoms with Gasteiger partial charge in [0.25, 0.3) is 0 Å². The minimum atomic E-state index is -0.666. The number of piperazine rings is 1. The van der Waals surface area contributed by atoms with Gasteiger partial charge >= 0.3 is 11.8 Å². The number of ether oxygens (including phenoxy) is 1. The van der Waals surface area contributed by atoms with E-state index in [1.807, 2.05) is 30.3 Å². The molecule has 2 aromatic rings. The smallest absolute Gasteiger partial charge is 0.316 e. The average molecular weight is 381 g/mol. The van der Waals surface area contributed by atoms with Crippen LogP contribution in [-0.4, -0.2) is 55.9 Å². The molecule has 3 rings (SSSR count). The molecule has 1 heterocycles. The summed E-state index contributed by atoms with van der Waals surface area (Å²) in [6.45, 7) is 1.02. The van der Waals surface area contributed by atoms with Crippen molar-refractivity contribution in [3.8, 4) is 5.75 Å². The minimum absolute atomic E-state index is 0.115. The van der Waals surface area contributed by atoms with Gasteiger partial charge < -0.3 is 19.9 Å². The van der Waals surface area contributed by atoms with Gasteiger partial charge in [-0.2, -0.15) is 0 Å². The molecule has 0 unspecified atom stereocenters. The molecule has 0 radical (unpaired) electrons. The van der Waals surface area contributed by atoms with Gasteiger partial charge in [0.15, 0.2) is 0 Å². The third-order valence-corrected chi connectivity index (χ3v) is 4.61. The molecule has 7 nitrogen and oxygen atoms in total. The summed E-state index contributed by atoms with van der Waals surface area (Å²) in [5, 5.41) is 2.80.